The normalized spacial score (nSPS) is 11.8. The van der Waals surface area contributed by atoms with Gasteiger partial charge >= 0.3 is 0 Å². The predicted molar refractivity (Wildman–Crippen MR) is 266 cm³/mol. The maximum atomic E-state index is 6.84. The second kappa shape index (κ2) is 14.1. The topological polar surface area (TPSA) is 21.3 Å². The van der Waals surface area contributed by atoms with Gasteiger partial charge in [0.15, 0.2) is 0 Å². The Labute approximate surface area is 363 Å². The summed E-state index contributed by atoms with van der Waals surface area (Å²) in [5, 5.41) is 12.1. The third-order valence-corrected chi connectivity index (χ3v) is 12.9. The third kappa shape index (κ3) is 5.67. The van der Waals surface area contributed by atoms with Crippen LogP contribution in [0.1, 0.15) is 0 Å². The summed E-state index contributed by atoms with van der Waals surface area (Å²) in [5.41, 5.74) is 12.9. The van der Waals surface area contributed by atoms with Gasteiger partial charge in [0.05, 0.1) is 16.7 Å². The zero-order valence-corrected chi connectivity index (χ0v) is 34.2. The van der Waals surface area contributed by atoms with E-state index in [1.54, 1.807) is 0 Å². The van der Waals surface area contributed by atoms with E-state index in [0.717, 1.165) is 55.8 Å². The Morgan fingerprint density at radius 1 is 0.333 bits per heavy atom. The van der Waals surface area contributed by atoms with Crippen molar-refractivity contribution in [2.75, 3.05) is 4.90 Å². The fraction of sp³-hybridized carbons (Fsp3) is 0. The molecule has 0 unspecified atom stereocenters. The highest BCUT2D eigenvalue weighted by molar-refractivity contribution is 6.14. The molecule has 0 aliphatic carbocycles. The smallest absolute Gasteiger partial charge is 0.143 e. The molecule has 0 saturated carbocycles. The Kier molecular flexibility index (Phi) is 7.91. The van der Waals surface area contributed by atoms with Crippen LogP contribution in [0.3, 0.4) is 0 Å². The molecule has 0 atom stereocenters. The standard InChI is InChI=1S/C60H38N2O/c1-2-15-42-37-59-55(36-41(42)14-1)54-23-12-22-53(60(54)63-59)52-21-7-8-24-56(52)61(46-16-11-17-47(38-46)62-57-25-9-5-19-50(57)51-20-6-10-26-58(51)62)45-32-29-39(30-33-45)43-31-34-49-44(35-43)28-27-40-13-3-4-18-48(40)49/h1-38H. The molecule has 0 bridgehead atoms. The first-order chi connectivity index (χ1) is 31.2. The van der Waals surface area contributed by atoms with E-state index in [0.29, 0.717) is 0 Å². The molecule has 0 fully saturated rings. The number of furan rings is 1. The third-order valence-electron chi connectivity index (χ3n) is 12.9. The average molecular weight is 803 g/mol. The molecule has 2 heterocycles. The monoisotopic (exact) mass is 802 g/mol. The fourth-order valence-electron chi connectivity index (χ4n) is 9.99. The Hall–Kier alpha value is -8.40. The molecule has 0 N–H and O–H groups in total. The van der Waals surface area contributed by atoms with Crippen LogP contribution in [0, 0.1) is 0 Å². The van der Waals surface area contributed by atoms with Gasteiger partial charge in [0, 0.05) is 49.7 Å². The van der Waals surface area contributed by atoms with Crippen molar-refractivity contribution in [1.29, 1.82) is 0 Å². The van der Waals surface area contributed by atoms with Crippen molar-refractivity contribution in [3.8, 4) is 27.9 Å². The summed E-state index contributed by atoms with van der Waals surface area (Å²) in [6, 6.07) is 83.5. The minimum absolute atomic E-state index is 0.883. The Morgan fingerprint density at radius 2 is 0.937 bits per heavy atom. The van der Waals surface area contributed by atoms with Crippen LogP contribution < -0.4 is 4.90 Å². The molecule has 13 aromatic rings. The SMILES string of the molecule is c1cc(N(c2ccc(-c3ccc4c(ccc5ccccc54)c3)cc2)c2ccccc2-c2cccc3c2oc2cc4ccccc4cc23)cc(-n2c3ccccc3c3ccccc32)c1. The number of fused-ring (bicyclic) bond motifs is 10. The molecule has 0 radical (unpaired) electrons. The quantitative estimate of drug-likeness (QED) is 0.156. The number of benzene rings is 11. The highest BCUT2D eigenvalue weighted by atomic mass is 16.3. The van der Waals surface area contributed by atoms with Crippen LogP contribution in [0.25, 0.3) is 104 Å². The first kappa shape index (κ1) is 35.4. The van der Waals surface area contributed by atoms with Crippen LogP contribution in [0.4, 0.5) is 17.1 Å². The number of aromatic nitrogens is 1. The molecule has 0 spiro atoms. The first-order valence-corrected chi connectivity index (χ1v) is 21.6. The summed E-state index contributed by atoms with van der Waals surface area (Å²) >= 11 is 0. The molecule has 2 aromatic heterocycles. The molecular weight excluding hydrogens is 765 g/mol. The summed E-state index contributed by atoms with van der Waals surface area (Å²) in [5.74, 6) is 0. The van der Waals surface area contributed by atoms with E-state index in [1.807, 2.05) is 0 Å². The second-order valence-corrected chi connectivity index (χ2v) is 16.5. The molecule has 63 heavy (non-hydrogen) atoms. The molecule has 294 valence electrons. The van der Waals surface area contributed by atoms with Crippen LogP contribution in [0.5, 0.6) is 0 Å². The molecule has 0 aliphatic rings. The van der Waals surface area contributed by atoms with Gasteiger partial charge in [-0.3, -0.25) is 0 Å². The second-order valence-electron chi connectivity index (χ2n) is 16.5. The van der Waals surface area contributed by atoms with Crippen LogP contribution in [0.2, 0.25) is 0 Å². The van der Waals surface area contributed by atoms with Gasteiger partial charge in [-0.1, -0.05) is 164 Å². The van der Waals surface area contributed by atoms with E-state index in [4.69, 9.17) is 4.42 Å². The fourth-order valence-corrected chi connectivity index (χ4v) is 9.99. The Morgan fingerprint density at radius 3 is 1.75 bits per heavy atom. The maximum Gasteiger partial charge on any atom is 0.143 e. The van der Waals surface area contributed by atoms with Crippen molar-refractivity contribution >= 4 is 93.1 Å². The minimum atomic E-state index is 0.883. The highest BCUT2D eigenvalue weighted by Crippen LogP contribution is 2.46. The lowest BCUT2D eigenvalue weighted by Gasteiger charge is -2.28. The molecule has 13 rings (SSSR count). The van der Waals surface area contributed by atoms with Crippen molar-refractivity contribution in [3.05, 3.63) is 231 Å². The molecule has 0 saturated heterocycles. The van der Waals surface area contributed by atoms with Gasteiger partial charge in [-0.15, -0.1) is 0 Å². The number of hydrogen-bond acceptors (Lipinski definition) is 2. The molecule has 3 nitrogen and oxygen atoms in total. The number of anilines is 3. The van der Waals surface area contributed by atoms with Crippen molar-refractivity contribution in [2.24, 2.45) is 0 Å². The summed E-state index contributed by atoms with van der Waals surface area (Å²) in [4.78, 5) is 2.40. The van der Waals surface area contributed by atoms with Crippen molar-refractivity contribution in [2.45, 2.75) is 0 Å². The van der Waals surface area contributed by atoms with E-state index in [9.17, 15) is 0 Å². The minimum Gasteiger partial charge on any atom is -0.455 e. The van der Waals surface area contributed by atoms with Gasteiger partial charge in [0.2, 0.25) is 0 Å². The van der Waals surface area contributed by atoms with Crippen LogP contribution >= 0.6 is 0 Å². The van der Waals surface area contributed by atoms with Gasteiger partial charge < -0.3 is 13.9 Å². The average Bonchev–Trinajstić information content (AvgIpc) is 3.89. The van der Waals surface area contributed by atoms with Crippen LogP contribution in [0.15, 0.2) is 235 Å². The summed E-state index contributed by atoms with van der Waals surface area (Å²) in [6.45, 7) is 0. The number of hydrogen-bond donors (Lipinski definition) is 0. The maximum absolute atomic E-state index is 6.84. The highest BCUT2D eigenvalue weighted by Gasteiger charge is 2.22. The summed E-state index contributed by atoms with van der Waals surface area (Å²) in [6.07, 6.45) is 0. The van der Waals surface area contributed by atoms with Gasteiger partial charge in [0.25, 0.3) is 0 Å². The zero-order valence-electron chi connectivity index (χ0n) is 34.2. The Balaban J connectivity index is 0.996. The van der Waals surface area contributed by atoms with E-state index in [2.05, 4.69) is 240 Å². The van der Waals surface area contributed by atoms with E-state index in [-0.39, 0.29) is 0 Å². The predicted octanol–water partition coefficient (Wildman–Crippen LogP) is 16.9. The molecule has 0 amide bonds. The summed E-state index contributed by atoms with van der Waals surface area (Å²) in [7, 11) is 0. The summed E-state index contributed by atoms with van der Waals surface area (Å²) < 4.78 is 9.23. The molecule has 0 aliphatic heterocycles. The lowest BCUT2D eigenvalue weighted by atomic mass is 9.97. The number of para-hydroxylation sites is 4. The number of nitrogens with zero attached hydrogens (tertiary/aromatic N) is 2. The first-order valence-electron chi connectivity index (χ1n) is 21.6. The van der Waals surface area contributed by atoms with Crippen molar-refractivity contribution < 1.29 is 4.42 Å². The van der Waals surface area contributed by atoms with E-state index in [1.165, 1.54) is 65.3 Å². The van der Waals surface area contributed by atoms with Gasteiger partial charge in [-0.2, -0.15) is 0 Å². The van der Waals surface area contributed by atoms with Gasteiger partial charge in [0.1, 0.15) is 11.2 Å². The van der Waals surface area contributed by atoms with Crippen molar-refractivity contribution in [1.82, 2.24) is 4.57 Å². The van der Waals surface area contributed by atoms with Crippen LogP contribution in [-0.2, 0) is 0 Å². The lowest BCUT2D eigenvalue weighted by Crippen LogP contribution is -2.12. The van der Waals surface area contributed by atoms with Gasteiger partial charge in [-0.25, -0.2) is 0 Å². The van der Waals surface area contributed by atoms with Gasteiger partial charge in [-0.05, 0) is 110 Å². The van der Waals surface area contributed by atoms with Crippen LogP contribution in [-0.4, -0.2) is 4.57 Å². The van der Waals surface area contributed by atoms with E-state index >= 15 is 0 Å². The van der Waals surface area contributed by atoms with E-state index < -0.39 is 0 Å². The zero-order chi connectivity index (χ0) is 41.4. The molecule has 3 heteroatoms. The van der Waals surface area contributed by atoms with Crippen molar-refractivity contribution in [3.63, 3.8) is 0 Å². The largest absolute Gasteiger partial charge is 0.455 e. The molecular formula is C60H38N2O. The Bertz CT molecular complexity index is 3870. The molecule has 11 aromatic carbocycles. The lowest BCUT2D eigenvalue weighted by molar-refractivity contribution is 0.670. The number of rotatable bonds is 6.